The lowest BCUT2D eigenvalue weighted by Gasteiger charge is -2.14. The molecular weight excluding hydrogens is 395 g/mol. The Morgan fingerprint density at radius 3 is 2.48 bits per heavy atom. The minimum Gasteiger partial charge on any atom is -0.496 e. The Bertz CT molecular complexity index is 1010. The number of thiazole rings is 1. The average Bonchev–Trinajstić information content (AvgIpc) is 3.20. The number of carbonyl (C=O) groups is 1. The summed E-state index contributed by atoms with van der Waals surface area (Å²) in [6.45, 7) is 0.267. The molecule has 3 rings (SSSR count). The highest BCUT2D eigenvalue weighted by Crippen LogP contribution is 2.34. The zero-order valence-corrected chi connectivity index (χ0v) is 17.1. The van der Waals surface area contributed by atoms with Crippen molar-refractivity contribution in [3.05, 3.63) is 58.9 Å². The lowest BCUT2D eigenvalue weighted by Crippen LogP contribution is -2.25. The molecule has 8 heteroatoms. The van der Waals surface area contributed by atoms with Crippen LogP contribution in [0.3, 0.4) is 0 Å². The second-order valence-corrected chi connectivity index (χ2v) is 6.98. The van der Waals surface area contributed by atoms with E-state index in [1.807, 2.05) is 0 Å². The molecule has 0 unspecified atom stereocenters. The Labute approximate surface area is 172 Å². The van der Waals surface area contributed by atoms with Crippen LogP contribution < -0.4 is 19.5 Å². The van der Waals surface area contributed by atoms with Gasteiger partial charge in [0, 0.05) is 29.1 Å². The first-order chi connectivity index (χ1) is 14.0. The van der Waals surface area contributed by atoms with Crippen molar-refractivity contribution in [3.63, 3.8) is 0 Å². The zero-order valence-electron chi connectivity index (χ0n) is 16.3. The van der Waals surface area contributed by atoms with Gasteiger partial charge in [-0.2, -0.15) is 0 Å². The smallest absolute Gasteiger partial charge is 0.226 e. The van der Waals surface area contributed by atoms with Gasteiger partial charge >= 0.3 is 0 Å². The fourth-order valence-corrected chi connectivity index (χ4v) is 3.61. The van der Waals surface area contributed by atoms with Gasteiger partial charge in [0.25, 0.3) is 0 Å². The van der Waals surface area contributed by atoms with E-state index in [1.54, 1.807) is 51.0 Å². The minimum absolute atomic E-state index is 0.126. The second-order valence-electron chi connectivity index (χ2n) is 6.13. The van der Waals surface area contributed by atoms with Gasteiger partial charge < -0.3 is 19.5 Å². The highest BCUT2D eigenvalue weighted by Gasteiger charge is 2.14. The van der Waals surface area contributed by atoms with Gasteiger partial charge in [0.05, 0.1) is 33.4 Å². The molecule has 0 bridgehead atoms. The first kappa shape index (κ1) is 20.6. The van der Waals surface area contributed by atoms with Crippen LogP contribution in [0.2, 0.25) is 0 Å². The summed E-state index contributed by atoms with van der Waals surface area (Å²) in [5, 5.41) is 5.34. The Balaban J connectivity index is 1.65. The van der Waals surface area contributed by atoms with Crippen molar-refractivity contribution in [3.8, 4) is 27.8 Å². The second kappa shape index (κ2) is 9.38. The summed E-state index contributed by atoms with van der Waals surface area (Å²) in [7, 11) is 4.64. The Hall–Kier alpha value is -3.13. The third-order valence-electron chi connectivity index (χ3n) is 4.23. The van der Waals surface area contributed by atoms with Crippen LogP contribution in [0.4, 0.5) is 4.39 Å². The number of methoxy groups -OCH3 is 3. The van der Waals surface area contributed by atoms with Crippen molar-refractivity contribution < 1.29 is 23.4 Å². The quantitative estimate of drug-likeness (QED) is 0.604. The van der Waals surface area contributed by atoms with Gasteiger partial charge in [-0.25, -0.2) is 9.37 Å². The van der Waals surface area contributed by atoms with Crippen LogP contribution in [0.15, 0.2) is 41.8 Å². The van der Waals surface area contributed by atoms with Crippen LogP contribution in [0.1, 0.15) is 11.3 Å². The number of benzene rings is 2. The fourth-order valence-electron chi connectivity index (χ4n) is 2.79. The van der Waals surface area contributed by atoms with Gasteiger partial charge in [0.2, 0.25) is 5.91 Å². The number of nitrogens with zero attached hydrogens (tertiary/aromatic N) is 1. The number of ether oxygens (including phenoxy) is 3. The van der Waals surface area contributed by atoms with Crippen LogP contribution in [0, 0.1) is 5.82 Å². The standard InChI is InChI=1S/C21H21FN2O4S/c1-26-17-10-19(28-3)18(27-2)8-14(17)11-23-20(25)9-16-12-29-21(24-16)13-5-4-6-15(22)7-13/h4-8,10,12H,9,11H2,1-3H3,(H,23,25). The zero-order chi connectivity index (χ0) is 20.8. The summed E-state index contributed by atoms with van der Waals surface area (Å²) < 4.78 is 29.3. The predicted octanol–water partition coefficient (Wildman–Crippen LogP) is 3.83. The van der Waals surface area contributed by atoms with E-state index in [-0.39, 0.29) is 24.7 Å². The molecule has 1 heterocycles. The molecule has 152 valence electrons. The molecule has 3 aromatic rings. The maximum Gasteiger partial charge on any atom is 0.226 e. The van der Waals surface area contributed by atoms with Crippen LogP contribution in [0.25, 0.3) is 10.6 Å². The number of hydrogen-bond donors (Lipinski definition) is 1. The van der Waals surface area contributed by atoms with Crippen molar-refractivity contribution in [1.29, 1.82) is 0 Å². The number of hydrogen-bond acceptors (Lipinski definition) is 6. The monoisotopic (exact) mass is 416 g/mol. The van der Waals surface area contributed by atoms with Gasteiger partial charge in [-0.05, 0) is 18.2 Å². The van der Waals surface area contributed by atoms with Crippen molar-refractivity contribution in [1.82, 2.24) is 10.3 Å². The summed E-state index contributed by atoms with van der Waals surface area (Å²) in [6, 6.07) is 9.71. The summed E-state index contributed by atoms with van der Waals surface area (Å²) in [5.74, 6) is 1.19. The number of aromatic nitrogens is 1. The lowest BCUT2D eigenvalue weighted by molar-refractivity contribution is -0.120. The highest BCUT2D eigenvalue weighted by molar-refractivity contribution is 7.13. The molecule has 0 saturated carbocycles. The van der Waals surface area contributed by atoms with Crippen LogP contribution in [-0.2, 0) is 17.8 Å². The van der Waals surface area contributed by atoms with E-state index >= 15 is 0 Å². The van der Waals surface area contributed by atoms with E-state index in [0.717, 1.165) is 5.56 Å². The van der Waals surface area contributed by atoms with E-state index < -0.39 is 0 Å². The number of halogens is 1. The maximum atomic E-state index is 13.4. The summed E-state index contributed by atoms with van der Waals surface area (Å²) in [5.41, 5.74) is 2.08. The van der Waals surface area contributed by atoms with Gasteiger partial charge in [0.15, 0.2) is 11.5 Å². The molecule has 0 radical (unpaired) electrons. The van der Waals surface area contributed by atoms with E-state index in [4.69, 9.17) is 14.2 Å². The molecule has 2 aromatic carbocycles. The topological polar surface area (TPSA) is 69.7 Å². The van der Waals surface area contributed by atoms with Gasteiger partial charge in [-0.3, -0.25) is 4.79 Å². The van der Waals surface area contributed by atoms with Crippen LogP contribution >= 0.6 is 11.3 Å². The third-order valence-corrected chi connectivity index (χ3v) is 5.17. The van der Waals surface area contributed by atoms with E-state index in [0.29, 0.717) is 33.5 Å². The van der Waals surface area contributed by atoms with Crippen LogP contribution in [-0.4, -0.2) is 32.2 Å². The maximum absolute atomic E-state index is 13.4. The molecule has 1 aromatic heterocycles. The van der Waals surface area contributed by atoms with Crippen molar-refractivity contribution in [2.45, 2.75) is 13.0 Å². The number of rotatable bonds is 8. The van der Waals surface area contributed by atoms with E-state index in [1.165, 1.54) is 23.5 Å². The largest absolute Gasteiger partial charge is 0.496 e. The molecule has 0 fully saturated rings. The average molecular weight is 416 g/mol. The molecule has 0 spiro atoms. The summed E-state index contributed by atoms with van der Waals surface area (Å²) >= 11 is 1.37. The van der Waals surface area contributed by atoms with E-state index in [2.05, 4.69) is 10.3 Å². The molecule has 0 saturated heterocycles. The predicted molar refractivity (Wildman–Crippen MR) is 109 cm³/mol. The van der Waals surface area contributed by atoms with Gasteiger partial charge in [0.1, 0.15) is 16.6 Å². The SMILES string of the molecule is COc1cc(OC)c(OC)cc1CNC(=O)Cc1csc(-c2cccc(F)c2)n1. The molecule has 6 nitrogen and oxygen atoms in total. The van der Waals surface area contributed by atoms with Crippen molar-refractivity contribution in [2.24, 2.45) is 0 Å². The highest BCUT2D eigenvalue weighted by atomic mass is 32.1. The number of amides is 1. The Morgan fingerprint density at radius 1 is 1.07 bits per heavy atom. The van der Waals surface area contributed by atoms with Crippen molar-refractivity contribution in [2.75, 3.05) is 21.3 Å². The molecule has 1 N–H and O–H groups in total. The minimum atomic E-state index is -0.319. The first-order valence-corrected chi connectivity index (χ1v) is 9.68. The molecule has 1 amide bonds. The van der Waals surface area contributed by atoms with Gasteiger partial charge in [-0.1, -0.05) is 12.1 Å². The number of nitrogens with one attached hydrogen (secondary N) is 1. The van der Waals surface area contributed by atoms with Crippen molar-refractivity contribution >= 4 is 17.2 Å². The Kier molecular flexibility index (Phi) is 6.66. The Morgan fingerprint density at radius 2 is 1.79 bits per heavy atom. The number of carbonyl (C=O) groups excluding carboxylic acids is 1. The molecular formula is C21H21FN2O4S. The molecule has 0 aliphatic carbocycles. The normalized spacial score (nSPS) is 10.5. The third kappa shape index (κ3) is 5.03. The summed E-state index contributed by atoms with van der Waals surface area (Å²) in [4.78, 5) is 16.8. The molecule has 0 aliphatic heterocycles. The molecule has 29 heavy (non-hydrogen) atoms. The van der Waals surface area contributed by atoms with E-state index in [9.17, 15) is 9.18 Å². The van der Waals surface area contributed by atoms with Gasteiger partial charge in [-0.15, -0.1) is 11.3 Å². The fraction of sp³-hybridized carbons (Fsp3) is 0.238. The molecule has 0 atom stereocenters. The van der Waals surface area contributed by atoms with Crippen LogP contribution in [0.5, 0.6) is 17.2 Å². The molecule has 0 aliphatic rings. The first-order valence-electron chi connectivity index (χ1n) is 8.80. The summed E-state index contributed by atoms with van der Waals surface area (Å²) in [6.07, 6.45) is 0.126. The lowest BCUT2D eigenvalue weighted by atomic mass is 10.1.